The van der Waals surface area contributed by atoms with E-state index in [4.69, 9.17) is 0 Å². The van der Waals surface area contributed by atoms with Gasteiger partial charge in [0.05, 0.1) is 5.69 Å². The van der Waals surface area contributed by atoms with E-state index in [-0.39, 0.29) is 17.6 Å². The predicted molar refractivity (Wildman–Crippen MR) is 94.0 cm³/mol. The van der Waals surface area contributed by atoms with Crippen LogP contribution in [0.4, 0.5) is 18.9 Å². The fourth-order valence-electron chi connectivity index (χ4n) is 3.83. The van der Waals surface area contributed by atoms with Gasteiger partial charge in [-0.05, 0) is 55.0 Å². The molecule has 2 aliphatic rings. The summed E-state index contributed by atoms with van der Waals surface area (Å²) in [6.07, 6.45) is 2.94. The minimum Gasteiger partial charge on any atom is -0.294 e. The molecule has 1 aliphatic carbocycles. The van der Waals surface area contributed by atoms with Gasteiger partial charge in [0.2, 0.25) is 0 Å². The summed E-state index contributed by atoms with van der Waals surface area (Å²) in [5.41, 5.74) is 2.73. The number of hydrogen-bond acceptors (Lipinski definition) is 2. The highest BCUT2D eigenvalue weighted by Gasteiger charge is 2.28. The van der Waals surface area contributed by atoms with Crippen molar-refractivity contribution in [3.05, 3.63) is 64.7 Å². The Bertz CT molecular complexity index is 885. The average Bonchev–Trinajstić information content (AvgIpc) is 3.07. The highest BCUT2D eigenvalue weighted by atomic mass is 19.2. The Morgan fingerprint density at radius 3 is 2.46 bits per heavy atom. The van der Waals surface area contributed by atoms with Crippen molar-refractivity contribution in [3.8, 4) is 0 Å². The summed E-state index contributed by atoms with van der Waals surface area (Å²) < 4.78 is 40.0. The van der Waals surface area contributed by atoms with Crippen molar-refractivity contribution in [1.29, 1.82) is 0 Å². The number of benzene rings is 2. The number of carbonyl (C=O) groups is 1. The number of Topliss-reactive ketones (excluding diaryl/α,β-unsaturated/α-hetero) is 1. The zero-order valence-corrected chi connectivity index (χ0v) is 14.1. The van der Waals surface area contributed by atoms with E-state index in [1.165, 1.54) is 6.07 Å². The van der Waals surface area contributed by atoms with Crippen molar-refractivity contribution in [2.75, 3.05) is 0 Å². The largest absolute Gasteiger partial charge is 0.294 e. The minimum atomic E-state index is -0.889. The van der Waals surface area contributed by atoms with E-state index in [2.05, 4.69) is 4.99 Å². The first-order chi connectivity index (χ1) is 12.5. The van der Waals surface area contributed by atoms with E-state index >= 15 is 0 Å². The van der Waals surface area contributed by atoms with Crippen LogP contribution in [0.3, 0.4) is 0 Å². The Morgan fingerprint density at radius 2 is 1.73 bits per heavy atom. The predicted octanol–water partition coefficient (Wildman–Crippen LogP) is 5.52. The zero-order chi connectivity index (χ0) is 18.3. The molecule has 1 unspecified atom stereocenters. The van der Waals surface area contributed by atoms with Crippen LogP contribution in [-0.2, 0) is 0 Å². The number of alkyl halides is 1. The molecule has 26 heavy (non-hydrogen) atoms. The van der Waals surface area contributed by atoms with Crippen LogP contribution in [0.15, 0.2) is 41.4 Å². The van der Waals surface area contributed by atoms with E-state index in [1.54, 1.807) is 24.4 Å². The molecule has 0 N–H and O–H groups in total. The lowest BCUT2D eigenvalue weighted by Gasteiger charge is -2.23. The summed E-state index contributed by atoms with van der Waals surface area (Å²) in [5, 5.41) is 0. The number of fused-ring (bicyclic) bond motifs is 1. The van der Waals surface area contributed by atoms with Gasteiger partial charge >= 0.3 is 0 Å². The Labute approximate surface area is 149 Å². The van der Waals surface area contributed by atoms with Crippen LogP contribution < -0.4 is 0 Å². The van der Waals surface area contributed by atoms with Crippen molar-refractivity contribution in [2.45, 2.75) is 37.8 Å². The molecule has 0 amide bonds. The van der Waals surface area contributed by atoms with E-state index in [0.717, 1.165) is 11.6 Å². The van der Waals surface area contributed by atoms with Gasteiger partial charge in [-0.1, -0.05) is 18.2 Å². The van der Waals surface area contributed by atoms with Gasteiger partial charge in [0.1, 0.15) is 6.17 Å². The van der Waals surface area contributed by atoms with Crippen molar-refractivity contribution in [2.24, 2.45) is 10.9 Å². The van der Waals surface area contributed by atoms with Gasteiger partial charge in [-0.25, -0.2) is 13.2 Å². The van der Waals surface area contributed by atoms with E-state index in [0.29, 0.717) is 42.5 Å². The molecule has 0 radical (unpaired) electrons. The second kappa shape index (κ2) is 6.71. The molecule has 5 heteroatoms. The van der Waals surface area contributed by atoms with Crippen molar-refractivity contribution in [3.63, 3.8) is 0 Å². The fraction of sp³-hybridized carbons (Fsp3) is 0.333. The SMILES string of the molecule is O=C(c1ccc2c(c1)N=CC2c1ccc(F)c(F)c1)C1CCC(F)CC1. The van der Waals surface area contributed by atoms with Crippen LogP contribution >= 0.6 is 0 Å². The molecule has 1 atom stereocenters. The van der Waals surface area contributed by atoms with Gasteiger partial charge in [-0.3, -0.25) is 9.79 Å². The molecule has 1 saturated carbocycles. The smallest absolute Gasteiger partial charge is 0.166 e. The van der Waals surface area contributed by atoms with Gasteiger partial charge in [-0.2, -0.15) is 0 Å². The van der Waals surface area contributed by atoms with Crippen LogP contribution in [0.5, 0.6) is 0 Å². The average molecular weight is 357 g/mol. The number of aliphatic imine (C=N–C) groups is 1. The molecule has 4 rings (SSSR count). The molecule has 1 fully saturated rings. The van der Waals surface area contributed by atoms with Gasteiger partial charge in [0, 0.05) is 23.6 Å². The Balaban J connectivity index is 1.58. The van der Waals surface area contributed by atoms with E-state index in [1.807, 2.05) is 6.07 Å². The first-order valence-electron chi connectivity index (χ1n) is 8.84. The first kappa shape index (κ1) is 17.0. The molecule has 0 spiro atoms. The summed E-state index contributed by atoms with van der Waals surface area (Å²) in [5.74, 6) is -2.13. The lowest BCUT2D eigenvalue weighted by molar-refractivity contribution is 0.0858. The highest BCUT2D eigenvalue weighted by Crippen LogP contribution is 2.38. The molecule has 2 aromatic carbocycles. The fourth-order valence-corrected chi connectivity index (χ4v) is 3.83. The minimum absolute atomic E-state index is 0.0335. The lowest BCUT2D eigenvalue weighted by atomic mass is 9.82. The summed E-state index contributed by atoms with van der Waals surface area (Å²) >= 11 is 0. The third kappa shape index (κ3) is 3.06. The zero-order valence-electron chi connectivity index (χ0n) is 14.1. The Morgan fingerprint density at radius 1 is 0.962 bits per heavy atom. The second-order valence-electron chi connectivity index (χ2n) is 7.02. The number of carbonyl (C=O) groups excluding carboxylic acids is 1. The molecule has 0 saturated heterocycles. The monoisotopic (exact) mass is 357 g/mol. The molecule has 134 valence electrons. The van der Waals surface area contributed by atoms with Crippen molar-refractivity contribution >= 4 is 17.7 Å². The number of nitrogens with zero attached hydrogens (tertiary/aromatic N) is 1. The van der Waals surface area contributed by atoms with Crippen LogP contribution in [0.1, 0.15) is 53.1 Å². The lowest BCUT2D eigenvalue weighted by Crippen LogP contribution is -2.22. The quantitative estimate of drug-likeness (QED) is 0.665. The normalized spacial score (nSPS) is 24.5. The molecule has 2 aromatic rings. The van der Waals surface area contributed by atoms with Gasteiger partial charge in [0.15, 0.2) is 17.4 Å². The number of ketones is 1. The second-order valence-corrected chi connectivity index (χ2v) is 7.02. The third-order valence-electron chi connectivity index (χ3n) is 5.34. The van der Waals surface area contributed by atoms with Crippen molar-refractivity contribution < 1.29 is 18.0 Å². The van der Waals surface area contributed by atoms with Crippen LogP contribution in [0.2, 0.25) is 0 Å². The number of rotatable bonds is 3. The molecule has 0 aromatic heterocycles. The maximum Gasteiger partial charge on any atom is 0.166 e. The maximum absolute atomic E-state index is 13.5. The Kier molecular flexibility index (Phi) is 4.39. The standard InChI is InChI=1S/C21H18F3NO/c22-15-5-1-12(2-6-15)21(26)14-3-7-16-17(11-25-20(16)10-14)13-4-8-18(23)19(24)9-13/h3-4,7-12,15,17H,1-2,5-6H2. The third-order valence-corrected chi connectivity index (χ3v) is 5.34. The van der Waals surface area contributed by atoms with E-state index in [9.17, 15) is 18.0 Å². The number of halogens is 3. The number of hydrogen-bond donors (Lipinski definition) is 0. The first-order valence-corrected chi connectivity index (χ1v) is 8.84. The molecule has 1 heterocycles. The van der Waals surface area contributed by atoms with Gasteiger partial charge in [-0.15, -0.1) is 0 Å². The van der Waals surface area contributed by atoms with Crippen LogP contribution in [0.25, 0.3) is 0 Å². The van der Waals surface area contributed by atoms with Crippen LogP contribution in [-0.4, -0.2) is 18.2 Å². The van der Waals surface area contributed by atoms with E-state index < -0.39 is 17.8 Å². The molecular weight excluding hydrogens is 339 g/mol. The van der Waals surface area contributed by atoms with Gasteiger partial charge in [0.25, 0.3) is 0 Å². The highest BCUT2D eigenvalue weighted by molar-refractivity contribution is 5.99. The molecular formula is C21H18F3NO. The summed E-state index contributed by atoms with van der Waals surface area (Å²) in [6, 6.07) is 9.14. The molecule has 2 nitrogen and oxygen atoms in total. The maximum atomic E-state index is 13.5. The van der Waals surface area contributed by atoms with Crippen LogP contribution in [0, 0.1) is 17.6 Å². The summed E-state index contributed by atoms with van der Waals surface area (Å²) in [7, 11) is 0. The van der Waals surface area contributed by atoms with Gasteiger partial charge < -0.3 is 0 Å². The summed E-state index contributed by atoms with van der Waals surface area (Å²) in [6.45, 7) is 0. The summed E-state index contributed by atoms with van der Waals surface area (Å²) in [4.78, 5) is 17.0. The van der Waals surface area contributed by atoms with Crippen molar-refractivity contribution in [1.82, 2.24) is 0 Å². The molecule has 0 bridgehead atoms. The Hall–Kier alpha value is -2.43. The molecule has 1 aliphatic heterocycles. The topological polar surface area (TPSA) is 29.4 Å².